The van der Waals surface area contributed by atoms with E-state index in [0.717, 1.165) is 58.5 Å². The Kier molecular flexibility index (Phi) is 7.33. The van der Waals surface area contributed by atoms with Crippen molar-refractivity contribution in [2.45, 2.75) is 51.2 Å². The van der Waals surface area contributed by atoms with Crippen LogP contribution >= 0.6 is 11.3 Å². The first-order chi connectivity index (χ1) is 17.9. The Morgan fingerprint density at radius 2 is 1.73 bits per heavy atom. The molecule has 7 heteroatoms. The Morgan fingerprint density at radius 1 is 1.03 bits per heavy atom. The van der Waals surface area contributed by atoms with Crippen LogP contribution < -0.4 is 4.74 Å². The zero-order valence-corrected chi connectivity index (χ0v) is 22.1. The van der Waals surface area contributed by atoms with Crippen molar-refractivity contribution in [3.63, 3.8) is 0 Å². The summed E-state index contributed by atoms with van der Waals surface area (Å²) in [5.74, 6) is 0.169. The van der Waals surface area contributed by atoms with Gasteiger partial charge in [-0.05, 0) is 65.8 Å². The lowest BCUT2D eigenvalue weighted by Crippen LogP contribution is -2.26. The summed E-state index contributed by atoms with van der Waals surface area (Å²) in [7, 11) is 3.50. The van der Waals surface area contributed by atoms with Crippen LogP contribution in [0.1, 0.15) is 58.8 Å². The third-order valence-corrected chi connectivity index (χ3v) is 8.31. The predicted molar refractivity (Wildman–Crippen MR) is 148 cm³/mol. The highest BCUT2D eigenvalue weighted by molar-refractivity contribution is 7.21. The number of likely N-dealkylation sites (N-methyl/N-ethyl adjacent to an activating group) is 1. The molecular formula is C30H32N2O4S. The van der Waals surface area contributed by atoms with Crippen LogP contribution in [0.15, 0.2) is 60.7 Å². The van der Waals surface area contributed by atoms with Gasteiger partial charge in [-0.3, -0.25) is 4.79 Å². The first kappa shape index (κ1) is 25.1. The topological polar surface area (TPSA) is 71.8 Å². The number of aromatic nitrogens is 1. The summed E-state index contributed by atoms with van der Waals surface area (Å²) in [6, 6.07) is 19.9. The molecule has 5 rings (SSSR count). The van der Waals surface area contributed by atoms with Gasteiger partial charge in [-0.15, -0.1) is 11.3 Å². The lowest BCUT2D eigenvalue weighted by Gasteiger charge is -2.24. The van der Waals surface area contributed by atoms with Gasteiger partial charge in [0.25, 0.3) is 0 Å². The maximum absolute atomic E-state index is 12.9. The number of hydrogen-bond donors (Lipinski definition) is 1. The van der Waals surface area contributed by atoms with E-state index in [1.807, 2.05) is 47.0 Å². The van der Waals surface area contributed by atoms with Crippen LogP contribution in [0.25, 0.3) is 21.5 Å². The highest BCUT2D eigenvalue weighted by Crippen LogP contribution is 2.47. The summed E-state index contributed by atoms with van der Waals surface area (Å²) >= 11 is 1.33. The highest BCUT2D eigenvalue weighted by atomic mass is 32.1. The Bertz CT molecular complexity index is 1400. The van der Waals surface area contributed by atoms with Crippen LogP contribution in [0.5, 0.6) is 5.75 Å². The van der Waals surface area contributed by atoms with Crippen molar-refractivity contribution in [1.29, 1.82) is 0 Å². The van der Waals surface area contributed by atoms with Crippen molar-refractivity contribution < 1.29 is 19.4 Å². The first-order valence-corrected chi connectivity index (χ1v) is 13.6. The normalized spacial score (nSPS) is 14.1. The lowest BCUT2D eigenvalue weighted by molar-refractivity contribution is -0.129. The molecule has 0 bridgehead atoms. The number of benzene rings is 2. The van der Waals surface area contributed by atoms with Gasteiger partial charge in [0.1, 0.15) is 23.8 Å². The summed E-state index contributed by atoms with van der Waals surface area (Å²) in [5, 5.41) is 9.73. The smallest absolute Gasteiger partial charge is 0.345 e. The summed E-state index contributed by atoms with van der Waals surface area (Å²) < 4.78 is 9.04. The van der Waals surface area contributed by atoms with Crippen molar-refractivity contribution >= 4 is 33.4 Å². The van der Waals surface area contributed by atoms with Crippen molar-refractivity contribution in [1.82, 2.24) is 9.47 Å². The quantitative estimate of drug-likeness (QED) is 0.280. The van der Waals surface area contributed by atoms with Gasteiger partial charge in [0, 0.05) is 14.1 Å². The number of rotatable bonds is 8. The minimum atomic E-state index is -0.928. The molecule has 2 aromatic carbocycles. The van der Waals surface area contributed by atoms with Crippen LogP contribution in [0, 0.1) is 0 Å². The molecule has 4 aromatic rings. The van der Waals surface area contributed by atoms with Crippen molar-refractivity contribution in [2.24, 2.45) is 0 Å². The van der Waals surface area contributed by atoms with E-state index in [1.54, 1.807) is 25.1 Å². The zero-order chi connectivity index (χ0) is 25.9. The molecule has 1 aliphatic rings. The van der Waals surface area contributed by atoms with Crippen LogP contribution in [0.2, 0.25) is 0 Å². The summed E-state index contributed by atoms with van der Waals surface area (Å²) in [5.41, 5.74) is 5.17. The van der Waals surface area contributed by atoms with Crippen molar-refractivity contribution in [3.8, 4) is 17.0 Å². The van der Waals surface area contributed by atoms with Gasteiger partial charge in [-0.1, -0.05) is 49.6 Å². The average Bonchev–Trinajstić information content (AvgIpc) is 3.47. The molecule has 1 N–H and O–H groups in total. The fourth-order valence-corrected chi connectivity index (χ4v) is 6.35. The number of ether oxygens (including phenoxy) is 1. The minimum absolute atomic E-state index is 0.0285. The van der Waals surface area contributed by atoms with E-state index in [4.69, 9.17) is 4.74 Å². The fourth-order valence-electron chi connectivity index (χ4n) is 5.23. The van der Waals surface area contributed by atoms with Gasteiger partial charge in [0.05, 0.1) is 15.9 Å². The minimum Gasteiger partial charge on any atom is -0.489 e. The standard InChI is InChI=1S/C30H32N2O4S/c1-31(2)26(33)18-32-24-17-25(30(34)35)37-29(24)27(21-11-7-4-8-12-21)28(32)22-13-15-23(16-14-22)36-19-20-9-5-3-6-10-20/h3,5-6,9-10,13-17,21H,4,7-8,11-12,18-19H2,1-2H3,(H,34,35). The summed E-state index contributed by atoms with van der Waals surface area (Å²) in [4.78, 5) is 26.7. The maximum atomic E-state index is 12.9. The first-order valence-electron chi connectivity index (χ1n) is 12.8. The van der Waals surface area contributed by atoms with E-state index in [1.165, 1.54) is 23.3 Å². The number of carbonyl (C=O) groups excluding carboxylic acids is 1. The number of nitrogens with zero attached hydrogens (tertiary/aromatic N) is 2. The molecule has 1 aliphatic carbocycles. The van der Waals surface area contributed by atoms with Gasteiger partial charge in [0.2, 0.25) is 5.91 Å². The molecular weight excluding hydrogens is 484 g/mol. The number of carboxylic acids is 1. The second kappa shape index (κ2) is 10.8. The lowest BCUT2D eigenvalue weighted by atomic mass is 9.83. The molecule has 0 saturated heterocycles. The molecule has 37 heavy (non-hydrogen) atoms. The maximum Gasteiger partial charge on any atom is 0.345 e. The SMILES string of the molecule is CN(C)C(=O)Cn1c(-c2ccc(OCc3ccccc3)cc2)c(C2CCCCC2)c2sc(C(=O)O)cc21. The number of thiophene rings is 1. The van der Waals surface area contributed by atoms with Crippen LogP contribution in [0.3, 0.4) is 0 Å². The molecule has 0 radical (unpaired) electrons. The number of carboxylic acid groups (broad SMARTS) is 1. The Hall–Kier alpha value is -3.58. The Labute approximate surface area is 221 Å². The van der Waals surface area contributed by atoms with Gasteiger partial charge < -0.3 is 19.3 Å². The molecule has 1 fully saturated rings. The summed E-state index contributed by atoms with van der Waals surface area (Å²) in [6.45, 7) is 0.655. The monoisotopic (exact) mass is 516 g/mol. The Balaban J connectivity index is 1.59. The van der Waals surface area contributed by atoms with Crippen molar-refractivity contribution in [2.75, 3.05) is 14.1 Å². The zero-order valence-electron chi connectivity index (χ0n) is 21.3. The van der Waals surface area contributed by atoms with Crippen LogP contribution in [-0.4, -0.2) is 40.5 Å². The van der Waals surface area contributed by atoms with E-state index in [9.17, 15) is 14.7 Å². The van der Waals surface area contributed by atoms with Gasteiger partial charge in [0.15, 0.2) is 0 Å². The van der Waals surface area contributed by atoms with E-state index in [0.29, 0.717) is 17.4 Å². The number of fused-ring (bicyclic) bond motifs is 1. The molecule has 1 amide bonds. The number of aromatic carboxylic acids is 1. The molecule has 2 aromatic heterocycles. The third kappa shape index (κ3) is 5.27. The average molecular weight is 517 g/mol. The van der Waals surface area contributed by atoms with Gasteiger partial charge in [-0.2, -0.15) is 0 Å². The van der Waals surface area contributed by atoms with Crippen molar-refractivity contribution in [3.05, 3.63) is 76.7 Å². The van der Waals surface area contributed by atoms with E-state index in [-0.39, 0.29) is 12.5 Å². The summed E-state index contributed by atoms with van der Waals surface area (Å²) in [6.07, 6.45) is 5.71. The molecule has 0 unspecified atom stereocenters. The second-order valence-corrected chi connectivity index (χ2v) is 11.0. The molecule has 192 valence electrons. The van der Waals surface area contributed by atoms with E-state index < -0.39 is 5.97 Å². The molecule has 0 atom stereocenters. The molecule has 2 heterocycles. The predicted octanol–water partition coefficient (Wildman–Crippen LogP) is 6.78. The molecule has 0 aliphatic heterocycles. The van der Waals surface area contributed by atoms with Crippen LogP contribution in [-0.2, 0) is 17.9 Å². The number of carbonyl (C=O) groups is 2. The largest absolute Gasteiger partial charge is 0.489 e. The van der Waals surface area contributed by atoms with Gasteiger partial charge in [-0.25, -0.2) is 4.79 Å². The molecule has 1 saturated carbocycles. The van der Waals surface area contributed by atoms with E-state index >= 15 is 0 Å². The Morgan fingerprint density at radius 3 is 2.38 bits per heavy atom. The molecule has 6 nitrogen and oxygen atoms in total. The third-order valence-electron chi connectivity index (χ3n) is 7.17. The highest BCUT2D eigenvalue weighted by Gasteiger charge is 2.29. The van der Waals surface area contributed by atoms with Gasteiger partial charge >= 0.3 is 5.97 Å². The van der Waals surface area contributed by atoms with Crippen LogP contribution in [0.4, 0.5) is 0 Å². The van der Waals surface area contributed by atoms with E-state index in [2.05, 4.69) is 12.1 Å². The number of amides is 1. The number of hydrogen-bond acceptors (Lipinski definition) is 4. The second-order valence-electron chi connectivity index (χ2n) is 9.90. The molecule has 0 spiro atoms. The fraction of sp³-hybridized carbons (Fsp3) is 0.333.